The van der Waals surface area contributed by atoms with Crippen LogP contribution >= 0.6 is 0 Å². The second kappa shape index (κ2) is 5.01. The van der Waals surface area contributed by atoms with Crippen molar-refractivity contribution >= 4 is 0 Å². The van der Waals surface area contributed by atoms with Gasteiger partial charge in [-0.2, -0.15) is 0 Å². The van der Waals surface area contributed by atoms with E-state index in [2.05, 4.69) is 20.8 Å². The average Bonchev–Trinajstić information content (AvgIpc) is 2.37. The van der Waals surface area contributed by atoms with Crippen LogP contribution < -0.4 is 4.57 Å². The molecule has 0 bridgehead atoms. The number of hydrogen-bond donors (Lipinski definition) is 0. The molecule has 1 heterocycles. The molecule has 0 atom stereocenters. The van der Waals surface area contributed by atoms with Gasteiger partial charge in [0.05, 0.1) is 5.56 Å². The molecule has 1 aromatic carbocycles. The summed E-state index contributed by atoms with van der Waals surface area (Å²) >= 11 is 0. The van der Waals surface area contributed by atoms with Crippen molar-refractivity contribution in [1.82, 2.24) is 0 Å². The number of benzene rings is 1. The Balaban J connectivity index is 2.60. The van der Waals surface area contributed by atoms with Crippen molar-refractivity contribution in [3.63, 3.8) is 0 Å². The van der Waals surface area contributed by atoms with Crippen LogP contribution in [0.25, 0.3) is 11.3 Å². The maximum absolute atomic E-state index is 14.6. The van der Waals surface area contributed by atoms with Crippen molar-refractivity contribution in [2.75, 3.05) is 0 Å². The summed E-state index contributed by atoms with van der Waals surface area (Å²) in [7, 11) is 1.88. The van der Waals surface area contributed by atoms with Crippen molar-refractivity contribution in [2.24, 2.45) is 7.05 Å². The van der Waals surface area contributed by atoms with Crippen LogP contribution in [0.15, 0.2) is 30.5 Å². The summed E-state index contributed by atoms with van der Waals surface area (Å²) < 4.78 is 38.8. The van der Waals surface area contributed by atoms with Crippen LogP contribution in [0.2, 0.25) is 0 Å². The highest BCUT2D eigenvalue weighted by Gasteiger charge is 2.22. The van der Waals surface area contributed by atoms with Gasteiger partial charge in [-0.25, -0.2) is 8.96 Å². The SMILES string of the molecule is [2H]C([2H])([2H])c1cc(C)c(-c2ccc(C(C)(C)C)c[n+]2C)c(F)c1. The van der Waals surface area contributed by atoms with Crippen LogP contribution in [0.5, 0.6) is 0 Å². The average molecular weight is 275 g/mol. The molecule has 2 aromatic rings. The van der Waals surface area contributed by atoms with Gasteiger partial charge in [-0.1, -0.05) is 26.8 Å². The largest absolute Gasteiger partial charge is 0.215 e. The zero-order valence-electron chi connectivity index (χ0n) is 15.7. The Hall–Kier alpha value is -1.70. The van der Waals surface area contributed by atoms with E-state index in [1.807, 2.05) is 29.9 Å². The number of aryl methyl sites for hydroxylation is 3. The van der Waals surface area contributed by atoms with E-state index < -0.39 is 12.7 Å². The van der Waals surface area contributed by atoms with Crippen LogP contribution in [-0.2, 0) is 12.5 Å². The summed E-state index contributed by atoms with van der Waals surface area (Å²) in [4.78, 5) is 0. The van der Waals surface area contributed by atoms with E-state index in [9.17, 15) is 4.39 Å². The van der Waals surface area contributed by atoms with E-state index >= 15 is 0 Å². The lowest BCUT2D eigenvalue weighted by atomic mass is 9.88. The van der Waals surface area contributed by atoms with Crippen molar-refractivity contribution < 1.29 is 13.1 Å². The van der Waals surface area contributed by atoms with E-state index in [-0.39, 0.29) is 11.0 Å². The molecular formula is C18H23FN+. The van der Waals surface area contributed by atoms with Crippen LogP contribution in [0.3, 0.4) is 0 Å². The number of pyridine rings is 1. The normalized spacial score (nSPS) is 14.6. The zero-order valence-corrected chi connectivity index (χ0v) is 12.7. The molecule has 20 heavy (non-hydrogen) atoms. The third kappa shape index (κ3) is 2.74. The Morgan fingerprint density at radius 3 is 2.40 bits per heavy atom. The highest BCUT2D eigenvalue weighted by molar-refractivity contribution is 5.62. The molecule has 1 aromatic heterocycles. The molecule has 1 nitrogen and oxygen atoms in total. The molecule has 0 fully saturated rings. The van der Waals surface area contributed by atoms with E-state index in [0.29, 0.717) is 11.1 Å². The highest BCUT2D eigenvalue weighted by Crippen LogP contribution is 2.27. The molecule has 0 amide bonds. The molecule has 0 radical (unpaired) electrons. The van der Waals surface area contributed by atoms with Gasteiger partial charge >= 0.3 is 0 Å². The second-order valence-electron chi connectivity index (χ2n) is 6.31. The fourth-order valence-corrected chi connectivity index (χ4v) is 2.38. The number of aromatic nitrogens is 1. The topological polar surface area (TPSA) is 3.88 Å². The van der Waals surface area contributed by atoms with E-state index in [4.69, 9.17) is 4.11 Å². The standard InChI is InChI=1S/C18H23FN/c1-12-9-13(2)17(15(19)10-12)16-8-7-14(11-20(16)6)18(3,4)5/h7-11H,1-6H3/q+1/i1D3. The summed E-state index contributed by atoms with van der Waals surface area (Å²) in [5, 5.41) is 0. The summed E-state index contributed by atoms with van der Waals surface area (Å²) in [6.45, 7) is 5.81. The van der Waals surface area contributed by atoms with Gasteiger partial charge < -0.3 is 0 Å². The van der Waals surface area contributed by atoms with Crippen LogP contribution in [0.4, 0.5) is 4.39 Å². The summed E-state index contributed by atoms with van der Waals surface area (Å²) in [6, 6.07) is 6.54. The van der Waals surface area contributed by atoms with Gasteiger partial charge in [0, 0.05) is 15.7 Å². The lowest BCUT2D eigenvalue weighted by molar-refractivity contribution is -0.661. The first-order chi connectivity index (χ1) is 10.4. The first-order valence-corrected chi connectivity index (χ1v) is 6.72. The maximum atomic E-state index is 14.6. The summed E-state index contributed by atoms with van der Waals surface area (Å²) in [5.74, 6) is -0.504. The molecule has 0 aliphatic carbocycles. The minimum absolute atomic E-state index is 0.00892. The van der Waals surface area contributed by atoms with Crippen LogP contribution in [0.1, 0.15) is 41.6 Å². The molecule has 0 aliphatic rings. The Morgan fingerprint density at radius 2 is 1.90 bits per heavy atom. The fraction of sp³-hybridized carbons (Fsp3) is 0.389. The molecule has 2 rings (SSSR count). The molecular weight excluding hydrogens is 249 g/mol. The smallest absolute Gasteiger partial charge is 0.206 e. The van der Waals surface area contributed by atoms with Crippen molar-refractivity contribution in [2.45, 2.75) is 40.0 Å². The van der Waals surface area contributed by atoms with E-state index in [0.717, 1.165) is 17.3 Å². The monoisotopic (exact) mass is 275 g/mol. The van der Waals surface area contributed by atoms with Crippen molar-refractivity contribution in [1.29, 1.82) is 0 Å². The van der Waals surface area contributed by atoms with Gasteiger partial charge in [0.1, 0.15) is 12.9 Å². The lowest BCUT2D eigenvalue weighted by Crippen LogP contribution is -2.33. The Labute approximate surface area is 125 Å². The second-order valence-corrected chi connectivity index (χ2v) is 6.31. The Morgan fingerprint density at radius 1 is 1.20 bits per heavy atom. The van der Waals surface area contributed by atoms with Crippen molar-refractivity contribution in [3.8, 4) is 11.3 Å². The first kappa shape index (κ1) is 11.0. The summed E-state index contributed by atoms with van der Waals surface area (Å²) in [5.41, 5.74) is 2.99. The fourth-order valence-electron chi connectivity index (χ4n) is 2.38. The molecule has 0 aliphatic heterocycles. The molecule has 106 valence electrons. The Bertz CT molecular complexity index is 720. The zero-order chi connectivity index (χ0) is 17.6. The minimum atomic E-state index is -2.30. The van der Waals surface area contributed by atoms with Gasteiger partial charge in [0.25, 0.3) is 0 Å². The molecule has 0 saturated heterocycles. The van der Waals surface area contributed by atoms with Gasteiger partial charge in [0.2, 0.25) is 5.69 Å². The van der Waals surface area contributed by atoms with E-state index in [1.165, 1.54) is 0 Å². The van der Waals surface area contributed by atoms with Gasteiger partial charge in [-0.05, 0) is 42.5 Å². The van der Waals surface area contributed by atoms with Crippen LogP contribution in [-0.4, -0.2) is 0 Å². The number of hydrogen-bond acceptors (Lipinski definition) is 0. The number of rotatable bonds is 1. The predicted molar refractivity (Wildman–Crippen MR) is 81.2 cm³/mol. The maximum Gasteiger partial charge on any atom is 0.215 e. The van der Waals surface area contributed by atoms with Gasteiger partial charge in [0.15, 0.2) is 6.20 Å². The molecule has 0 saturated carbocycles. The highest BCUT2D eigenvalue weighted by atomic mass is 19.1. The van der Waals surface area contributed by atoms with Gasteiger partial charge in [-0.3, -0.25) is 0 Å². The molecule has 0 N–H and O–H groups in total. The Kier molecular flexibility index (Phi) is 2.76. The van der Waals surface area contributed by atoms with E-state index in [1.54, 1.807) is 13.0 Å². The molecule has 0 spiro atoms. The minimum Gasteiger partial charge on any atom is -0.206 e. The van der Waals surface area contributed by atoms with Gasteiger partial charge in [-0.15, -0.1) is 0 Å². The third-order valence-electron chi connectivity index (χ3n) is 3.54. The predicted octanol–water partition coefficient (Wildman–Crippen LogP) is 4.23. The summed E-state index contributed by atoms with van der Waals surface area (Å²) in [6.07, 6.45) is 1.99. The quantitative estimate of drug-likeness (QED) is 0.686. The number of halogens is 1. The molecule has 0 unspecified atom stereocenters. The number of nitrogens with zero attached hydrogens (tertiary/aromatic N) is 1. The lowest BCUT2D eigenvalue weighted by Gasteiger charge is -2.17. The molecule has 2 heteroatoms. The third-order valence-corrected chi connectivity index (χ3v) is 3.54. The first-order valence-electron chi connectivity index (χ1n) is 8.22. The van der Waals surface area contributed by atoms with Crippen molar-refractivity contribution in [3.05, 3.63) is 53.0 Å². The van der Waals surface area contributed by atoms with Crippen LogP contribution in [0, 0.1) is 19.6 Å².